The van der Waals surface area contributed by atoms with Crippen LogP contribution in [0.1, 0.15) is 33.6 Å². The molecule has 0 saturated heterocycles. The minimum absolute atomic E-state index is 0.267. The maximum atomic E-state index is 12.7. The van der Waals surface area contributed by atoms with Crippen LogP contribution in [0.15, 0.2) is 23.2 Å². The van der Waals surface area contributed by atoms with Crippen LogP contribution >= 0.6 is 34.3 Å². The number of methoxy groups -OCH3 is 2. The average molecular weight is 600 g/mol. The standard InChI is InChI=1S/C24H26ClN3O7S3/c1-34-10-9-28-16-8-7-14(25)11-18(16)37-24(28)27-20(30)13-38(32,33)12-19(29)26-22-21(23(31)35-2)15-5-3-4-6-17(15)36-22/h7-8,11H,3-6,9-10,12-13H2,1-2H3,(H,26,29). The molecular formula is C24H26ClN3O7S3. The van der Waals surface area contributed by atoms with E-state index in [1.807, 2.05) is 0 Å². The topological polar surface area (TPSA) is 133 Å². The zero-order chi connectivity index (χ0) is 27.4. The summed E-state index contributed by atoms with van der Waals surface area (Å²) < 4.78 is 38.0. The van der Waals surface area contributed by atoms with E-state index in [4.69, 9.17) is 21.1 Å². The van der Waals surface area contributed by atoms with Gasteiger partial charge in [-0.2, -0.15) is 4.99 Å². The molecule has 0 spiro atoms. The number of hydrogen-bond donors (Lipinski definition) is 1. The second kappa shape index (κ2) is 12.1. The van der Waals surface area contributed by atoms with E-state index < -0.39 is 39.1 Å². The summed E-state index contributed by atoms with van der Waals surface area (Å²) in [6.45, 7) is 0.751. The second-order valence-electron chi connectivity index (χ2n) is 8.63. The van der Waals surface area contributed by atoms with E-state index >= 15 is 0 Å². The average Bonchev–Trinajstić information content (AvgIpc) is 3.37. The lowest BCUT2D eigenvalue weighted by molar-refractivity contribution is -0.115. The molecule has 3 aromatic rings. The maximum absolute atomic E-state index is 12.7. The number of thiophene rings is 1. The Morgan fingerprint density at radius 1 is 1.13 bits per heavy atom. The molecular weight excluding hydrogens is 574 g/mol. The monoisotopic (exact) mass is 599 g/mol. The van der Waals surface area contributed by atoms with Gasteiger partial charge in [-0.25, -0.2) is 13.2 Å². The first-order valence-electron chi connectivity index (χ1n) is 11.7. The molecule has 2 heterocycles. The summed E-state index contributed by atoms with van der Waals surface area (Å²) in [5.74, 6) is -4.19. The number of anilines is 1. The van der Waals surface area contributed by atoms with Crippen LogP contribution in [0.5, 0.6) is 0 Å². The van der Waals surface area contributed by atoms with Gasteiger partial charge in [-0.3, -0.25) is 9.59 Å². The molecule has 0 unspecified atom stereocenters. The fraction of sp³-hybridized carbons (Fsp3) is 0.417. The van der Waals surface area contributed by atoms with Crippen molar-refractivity contribution in [2.75, 3.05) is 37.6 Å². The predicted molar refractivity (Wildman–Crippen MR) is 147 cm³/mol. The molecule has 4 rings (SSSR count). The molecule has 14 heteroatoms. The van der Waals surface area contributed by atoms with E-state index in [1.54, 1.807) is 29.9 Å². The van der Waals surface area contributed by atoms with Crippen LogP contribution in [0.25, 0.3) is 10.2 Å². The summed E-state index contributed by atoms with van der Waals surface area (Å²) in [5, 5.41) is 3.33. The lowest BCUT2D eigenvalue weighted by atomic mass is 9.95. The van der Waals surface area contributed by atoms with Crippen molar-refractivity contribution < 1.29 is 32.3 Å². The van der Waals surface area contributed by atoms with Gasteiger partial charge in [0.2, 0.25) is 5.91 Å². The molecule has 1 aliphatic carbocycles. The number of hydrogen-bond acceptors (Lipinski definition) is 9. The molecule has 1 N–H and O–H groups in total. The summed E-state index contributed by atoms with van der Waals surface area (Å²) in [4.78, 5) is 43.0. The van der Waals surface area contributed by atoms with Gasteiger partial charge in [0.15, 0.2) is 14.6 Å². The summed E-state index contributed by atoms with van der Waals surface area (Å²) in [7, 11) is -1.34. The second-order valence-corrected chi connectivity index (χ2v) is 13.2. The quantitative estimate of drug-likeness (QED) is 0.373. The lowest BCUT2D eigenvalue weighted by Gasteiger charge is -2.11. The first kappa shape index (κ1) is 28.4. The Balaban J connectivity index is 1.51. The number of amides is 2. The summed E-state index contributed by atoms with van der Waals surface area (Å²) >= 11 is 8.53. The highest BCUT2D eigenvalue weighted by atomic mass is 35.5. The summed E-state index contributed by atoms with van der Waals surface area (Å²) in [6, 6.07) is 5.24. The number of thiazole rings is 1. The van der Waals surface area contributed by atoms with Gasteiger partial charge in [0.05, 0.1) is 29.5 Å². The van der Waals surface area contributed by atoms with Gasteiger partial charge in [-0.1, -0.05) is 22.9 Å². The van der Waals surface area contributed by atoms with Gasteiger partial charge in [0, 0.05) is 23.6 Å². The molecule has 1 aliphatic rings. The zero-order valence-electron chi connectivity index (χ0n) is 20.7. The first-order valence-corrected chi connectivity index (χ1v) is 15.5. The number of carbonyl (C=O) groups excluding carboxylic acids is 3. The molecule has 0 bridgehead atoms. The van der Waals surface area contributed by atoms with Crippen molar-refractivity contribution in [3.05, 3.63) is 44.0 Å². The molecule has 10 nitrogen and oxygen atoms in total. The van der Waals surface area contributed by atoms with Crippen molar-refractivity contribution in [2.45, 2.75) is 32.2 Å². The molecule has 2 aromatic heterocycles. The van der Waals surface area contributed by atoms with Gasteiger partial charge < -0.3 is 19.4 Å². The number of benzene rings is 1. The van der Waals surface area contributed by atoms with Crippen molar-refractivity contribution in [1.82, 2.24) is 4.57 Å². The van der Waals surface area contributed by atoms with E-state index in [9.17, 15) is 22.8 Å². The lowest BCUT2D eigenvalue weighted by Crippen LogP contribution is -2.28. The highest BCUT2D eigenvalue weighted by Gasteiger charge is 2.28. The number of carbonyl (C=O) groups is 3. The van der Waals surface area contributed by atoms with E-state index in [2.05, 4.69) is 10.3 Å². The van der Waals surface area contributed by atoms with Gasteiger partial charge in [-0.15, -0.1) is 11.3 Å². The van der Waals surface area contributed by atoms with Crippen LogP contribution in [-0.4, -0.2) is 63.1 Å². The molecule has 0 saturated carbocycles. The Morgan fingerprint density at radius 2 is 1.89 bits per heavy atom. The van der Waals surface area contributed by atoms with E-state index in [1.165, 1.54) is 29.8 Å². The van der Waals surface area contributed by atoms with Crippen LogP contribution in [0.2, 0.25) is 5.02 Å². The highest BCUT2D eigenvalue weighted by molar-refractivity contribution is 7.92. The number of nitrogens with zero attached hydrogens (tertiary/aromatic N) is 2. The minimum atomic E-state index is -4.14. The van der Waals surface area contributed by atoms with Gasteiger partial charge >= 0.3 is 5.97 Å². The molecule has 0 fully saturated rings. The van der Waals surface area contributed by atoms with Crippen molar-refractivity contribution in [2.24, 2.45) is 4.99 Å². The number of fused-ring (bicyclic) bond motifs is 2. The molecule has 1 aromatic carbocycles. The number of sulfone groups is 1. The maximum Gasteiger partial charge on any atom is 0.341 e. The van der Waals surface area contributed by atoms with E-state index in [0.717, 1.165) is 39.9 Å². The smallest absolute Gasteiger partial charge is 0.341 e. The van der Waals surface area contributed by atoms with Crippen molar-refractivity contribution in [3.63, 3.8) is 0 Å². The summed E-state index contributed by atoms with van der Waals surface area (Å²) in [5.41, 5.74) is 1.89. The SMILES string of the molecule is COCCn1c(=NC(=O)CS(=O)(=O)CC(=O)Nc2sc3c(c2C(=O)OC)CCCC3)sc2cc(Cl)ccc21. The van der Waals surface area contributed by atoms with Crippen molar-refractivity contribution >= 4 is 77.1 Å². The number of nitrogens with one attached hydrogen (secondary N) is 1. The van der Waals surface area contributed by atoms with Crippen LogP contribution in [0.4, 0.5) is 5.00 Å². The van der Waals surface area contributed by atoms with Crippen LogP contribution < -0.4 is 10.1 Å². The first-order chi connectivity index (χ1) is 18.1. The molecule has 204 valence electrons. The Kier molecular flexibility index (Phi) is 9.04. The van der Waals surface area contributed by atoms with E-state index in [0.29, 0.717) is 29.4 Å². The third-order valence-electron chi connectivity index (χ3n) is 5.89. The predicted octanol–water partition coefficient (Wildman–Crippen LogP) is 3.21. The van der Waals surface area contributed by atoms with Gasteiger partial charge in [0.25, 0.3) is 5.91 Å². The highest BCUT2D eigenvalue weighted by Crippen LogP contribution is 2.38. The van der Waals surface area contributed by atoms with Crippen LogP contribution in [0.3, 0.4) is 0 Å². The minimum Gasteiger partial charge on any atom is -0.465 e. The Hall–Kier alpha value is -2.58. The normalized spacial score (nSPS) is 13.9. The molecule has 2 amide bonds. The number of ether oxygens (including phenoxy) is 2. The van der Waals surface area contributed by atoms with Gasteiger partial charge in [-0.05, 0) is 49.4 Å². The molecule has 38 heavy (non-hydrogen) atoms. The number of rotatable bonds is 9. The third-order valence-corrected chi connectivity index (χ3v) is 9.76. The number of esters is 1. The number of halogens is 1. The zero-order valence-corrected chi connectivity index (χ0v) is 23.9. The number of aromatic nitrogens is 1. The fourth-order valence-electron chi connectivity index (χ4n) is 4.24. The Labute approximate surface area is 232 Å². The van der Waals surface area contributed by atoms with E-state index in [-0.39, 0.29) is 10.6 Å². The molecule has 0 radical (unpaired) electrons. The van der Waals surface area contributed by atoms with Gasteiger partial charge in [0.1, 0.15) is 16.5 Å². The Bertz CT molecular complexity index is 1570. The van der Waals surface area contributed by atoms with Crippen LogP contribution in [-0.2, 0) is 48.3 Å². The third kappa shape index (κ3) is 6.52. The fourth-order valence-corrected chi connectivity index (χ4v) is 7.90. The van der Waals surface area contributed by atoms with Crippen LogP contribution in [0, 0.1) is 0 Å². The molecule has 0 aliphatic heterocycles. The van der Waals surface area contributed by atoms with Crippen molar-refractivity contribution in [1.29, 1.82) is 0 Å². The van der Waals surface area contributed by atoms with Crippen molar-refractivity contribution in [3.8, 4) is 0 Å². The number of aryl methyl sites for hydroxylation is 1. The summed E-state index contributed by atoms with van der Waals surface area (Å²) in [6.07, 6.45) is 3.36. The largest absolute Gasteiger partial charge is 0.465 e. The Morgan fingerprint density at radius 3 is 2.63 bits per heavy atom. The molecule has 0 atom stereocenters.